The lowest BCUT2D eigenvalue weighted by Gasteiger charge is -2.10. The maximum atomic E-state index is 10.8. The summed E-state index contributed by atoms with van der Waals surface area (Å²) in [5.41, 5.74) is 0.581. The maximum Gasteiger partial charge on any atom is 0.277 e. The Bertz CT molecular complexity index is 398. The van der Waals surface area contributed by atoms with Gasteiger partial charge in [-0.15, -0.1) is 12.4 Å². The fourth-order valence-electron chi connectivity index (χ4n) is 1.41. The van der Waals surface area contributed by atoms with Gasteiger partial charge < -0.3 is 14.8 Å². The summed E-state index contributed by atoms with van der Waals surface area (Å²) in [7, 11) is 4.66. The van der Waals surface area contributed by atoms with E-state index in [2.05, 4.69) is 5.32 Å². The molecule has 0 bridgehead atoms. The molecular formula is C10H15ClN2O4. The number of hydrogen-bond donors (Lipinski definition) is 1. The van der Waals surface area contributed by atoms with Gasteiger partial charge >= 0.3 is 0 Å². The van der Waals surface area contributed by atoms with Crippen LogP contribution in [0.15, 0.2) is 12.1 Å². The van der Waals surface area contributed by atoms with Crippen LogP contribution in [-0.2, 0) is 6.54 Å². The van der Waals surface area contributed by atoms with Crippen molar-refractivity contribution in [2.75, 3.05) is 21.3 Å². The molecule has 0 aliphatic rings. The van der Waals surface area contributed by atoms with Gasteiger partial charge in [0.15, 0.2) is 11.5 Å². The van der Waals surface area contributed by atoms with E-state index in [4.69, 9.17) is 9.47 Å². The summed E-state index contributed by atoms with van der Waals surface area (Å²) in [5, 5.41) is 13.7. The molecule has 0 saturated heterocycles. The molecule has 7 heteroatoms. The second-order valence-corrected chi connectivity index (χ2v) is 3.12. The minimum Gasteiger partial charge on any atom is -0.493 e. The number of rotatable bonds is 5. The van der Waals surface area contributed by atoms with Crippen LogP contribution in [0.1, 0.15) is 5.56 Å². The molecule has 0 saturated carbocycles. The molecule has 96 valence electrons. The van der Waals surface area contributed by atoms with E-state index in [9.17, 15) is 10.1 Å². The van der Waals surface area contributed by atoms with E-state index in [1.54, 1.807) is 13.1 Å². The van der Waals surface area contributed by atoms with Gasteiger partial charge in [0.1, 0.15) is 0 Å². The first kappa shape index (κ1) is 15.5. The van der Waals surface area contributed by atoms with E-state index in [1.807, 2.05) is 0 Å². The summed E-state index contributed by atoms with van der Waals surface area (Å²) in [6.45, 7) is 0.399. The quantitative estimate of drug-likeness (QED) is 0.646. The van der Waals surface area contributed by atoms with Gasteiger partial charge in [-0.25, -0.2) is 0 Å². The zero-order chi connectivity index (χ0) is 12.1. The normalized spacial score (nSPS) is 9.35. The monoisotopic (exact) mass is 262 g/mol. The van der Waals surface area contributed by atoms with E-state index in [1.165, 1.54) is 20.3 Å². The zero-order valence-corrected chi connectivity index (χ0v) is 10.7. The van der Waals surface area contributed by atoms with Crippen LogP contribution < -0.4 is 14.8 Å². The smallest absolute Gasteiger partial charge is 0.277 e. The highest BCUT2D eigenvalue weighted by molar-refractivity contribution is 5.85. The van der Waals surface area contributed by atoms with Crippen molar-refractivity contribution in [2.45, 2.75) is 6.54 Å². The number of methoxy groups -OCH3 is 2. The molecule has 0 atom stereocenters. The Hall–Kier alpha value is -1.53. The van der Waals surface area contributed by atoms with Crippen molar-refractivity contribution in [3.8, 4) is 11.5 Å². The Morgan fingerprint density at radius 1 is 1.29 bits per heavy atom. The maximum absolute atomic E-state index is 10.8. The van der Waals surface area contributed by atoms with Gasteiger partial charge in [-0.2, -0.15) is 0 Å². The Balaban J connectivity index is 0.00000256. The van der Waals surface area contributed by atoms with Crippen molar-refractivity contribution >= 4 is 18.1 Å². The van der Waals surface area contributed by atoms with E-state index < -0.39 is 4.92 Å². The average Bonchev–Trinajstić information content (AvgIpc) is 2.28. The second-order valence-electron chi connectivity index (χ2n) is 3.12. The standard InChI is InChI=1S/C10H14N2O4.ClH/c1-11-6-7-4-9(15-2)10(16-3)5-8(7)12(13)14;/h4-5,11H,6H2,1-3H3;1H. The first-order valence-electron chi connectivity index (χ1n) is 4.68. The first-order chi connectivity index (χ1) is 7.63. The molecule has 0 radical (unpaired) electrons. The van der Waals surface area contributed by atoms with E-state index in [-0.39, 0.29) is 18.1 Å². The first-order valence-corrected chi connectivity index (χ1v) is 4.68. The van der Waals surface area contributed by atoms with Crippen LogP contribution in [0.3, 0.4) is 0 Å². The molecule has 17 heavy (non-hydrogen) atoms. The van der Waals surface area contributed by atoms with Crippen molar-refractivity contribution in [2.24, 2.45) is 0 Å². The molecule has 0 fully saturated rings. The van der Waals surface area contributed by atoms with E-state index >= 15 is 0 Å². The number of nitro groups is 1. The third-order valence-electron chi connectivity index (χ3n) is 2.15. The van der Waals surface area contributed by atoms with E-state index in [0.29, 0.717) is 23.6 Å². The molecule has 0 aromatic heterocycles. The van der Waals surface area contributed by atoms with Crippen molar-refractivity contribution in [1.82, 2.24) is 5.32 Å². The number of halogens is 1. The predicted octanol–water partition coefficient (Wildman–Crippen LogP) is 1.75. The van der Waals surface area contributed by atoms with Crippen LogP contribution in [0.4, 0.5) is 5.69 Å². The molecular weight excluding hydrogens is 248 g/mol. The summed E-state index contributed by atoms with van der Waals surface area (Å²) in [6, 6.07) is 2.97. The van der Waals surface area contributed by atoms with Crippen molar-refractivity contribution in [3.05, 3.63) is 27.8 Å². The van der Waals surface area contributed by atoms with Gasteiger partial charge in [-0.1, -0.05) is 0 Å². The Kier molecular flexibility index (Phi) is 6.30. The third kappa shape index (κ3) is 3.47. The van der Waals surface area contributed by atoms with Crippen LogP contribution in [0.25, 0.3) is 0 Å². The summed E-state index contributed by atoms with van der Waals surface area (Å²) in [6.07, 6.45) is 0. The van der Waals surface area contributed by atoms with Crippen LogP contribution in [-0.4, -0.2) is 26.2 Å². The number of nitrogens with zero attached hydrogens (tertiary/aromatic N) is 1. The highest BCUT2D eigenvalue weighted by atomic mass is 35.5. The Morgan fingerprint density at radius 2 is 1.82 bits per heavy atom. The van der Waals surface area contributed by atoms with E-state index in [0.717, 1.165) is 0 Å². The summed E-state index contributed by atoms with van der Waals surface area (Å²) >= 11 is 0. The lowest BCUT2D eigenvalue weighted by Crippen LogP contribution is -2.08. The number of nitro benzene ring substituents is 1. The number of nitrogens with one attached hydrogen (secondary N) is 1. The molecule has 0 spiro atoms. The van der Waals surface area contributed by atoms with Gasteiger partial charge in [0.25, 0.3) is 5.69 Å². The van der Waals surface area contributed by atoms with Gasteiger partial charge in [0, 0.05) is 12.1 Å². The van der Waals surface area contributed by atoms with Crippen molar-refractivity contribution in [3.63, 3.8) is 0 Å². The molecule has 0 heterocycles. The predicted molar refractivity (Wildman–Crippen MR) is 66.2 cm³/mol. The number of hydrogen-bond acceptors (Lipinski definition) is 5. The summed E-state index contributed by atoms with van der Waals surface area (Å²) in [5.74, 6) is 0.840. The molecule has 1 N–H and O–H groups in total. The minimum atomic E-state index is -0.436. The topological polar surface area (TPSA) is 73.6 Å². The van der Waals surface area contributed by atoms with Crippen molar-refractivity contribution < 1.29 is 14.4 Å². The second kappa shape index (κ2) is 6.93. The molecule has 1 rings (SSSR count). The Morgan fingerprint density at radius 3 is 2.24 bits per heavy atom. The molecule has 0 unspecified atom stereocenters. The Labute approximate surface area is 105 Å². The summed E-state index contributed by atoms with van der Waals surface area (Å²) in [4.78, 5) is 10.4. The fourth-order valence-corrected chi connectivity index (χ4v) is 1.41. The SMILES string of the molecule is CNCc1cc(OC)c(OC)cc1[N+](=O)[O-].Cl. The van der Waals surface area contributed by atoms with Gasteiger partial charge in [0.2, 0.25) is 0 Å². The van der Waals surface area contributed by atoms with Gasteiger partial charge in [-0.3, -0.25) is 10.1 Å². The fraction of sp³-hybridized carbons (Fsp3) is 0.400. The molecule has 0 aliphatic carbocycles. The lowest BCUT2D eigenvalue weighted by atomic mass is 10.1. The third-order valence-corrected chi connectivity index (χ3v) is 2.15. The van der Waals surface area contributed by atoms with Crippen molar-refractivity contribution in [1.29, 1.82) is 0 Å². The minimum absolute atomic E-state index is 0. The van der Waals surface area contributed by atoms with Crippen LogP contribution >= 0.6 is 12.4 Å². The number of benzene rings is 1. The highest BCUT2D eigenvalue weighted by Crippen LogP contribution is 2.34. The highest BCUT2D eigenvalue weighted by Gasteiger charge is 2.18. The lowest BCUT2D eigenvalue weighted by molar-refractivity contribution is -0.385. The van der Waals surface area contributed by atoms with Gasteiger partial charge in [-0.05, 0) is 13.1 Å². The van der Waals surface area contributed by atoms with Gasteiger partial charge in [0.05, 0.1) is 25.2 Å². The molecule has 1 aromatic rings. The largest absolute Gasteiger partial charge is 0.493 e. The average molecular weight is 263 g/mol. The summed E-state index contributed by atoms with van der Waals surface area (Å²) < 4.78 is 10.1. The molecule has 6 nitrogen and oxygen atoms in total. The molecule has 0 aliphatic heterocycles. The number of ether oxygens (including phenoxy) is 2. The van der Waals surface area contributed by atoms with Crippen LogP contribution in [0.2, 0.25) is 0 Å². The van der Waals surface area contributed by atoms with Crippen LogP contribution in [0, 0.1) is 10.1 Å². The molecule has 0 amide bonds. The zero-order valence-electron chi connectivity index (χ0n) is 9.85. The van der Waals surface area contributed by atoms with Crippen LogP contribution in [0.5, 0.6) is 11.5 Å². The molecule has 1 aromatic carbocycles.